The summed E-state index contributed by atoms with van der Waals surface area (Å²) in [6.45, 7) is 4.23. The summed E-state index contributed by atoms with van der Waals surface area (Å²) in [4.78, 5) is 0. The third-order valence-electron chi connectivity index (χ3n) is 5.22. The molecule has 0 unspecified atom stereocenters. The Morgan fingerprint density at radius 3 is 1.81 bits per heavy atom. The summed E-state index contributed by atoms with van der Waals surface area (Å²) in [6, 6.07) is 2.51. The second-order valence-corrected chi connectivity index (χ2v) is 6.48. The maximum absolute atomic E-state index is 9.37. The van der Waals surface area contributed by atoms with Gasteiger partial charge in [0.05, 0.1) is 6.07 Å². The zero-order valence-corrected chi connectivity index (χ0v) is 10.4. The molecule has 0 saturated heterocycles. The normalized spacial score (nSPS) is 44.2. The first-order valence-electron chi connectivity index (χ1n) is 6.76. The van der Waals surface area contributed by atoms with E-state index in [-0.39, 0.29) is 0 Å². The summed E-state index contributed by atoms with van der Waals surface area (Å²) in [6.07, 6.45) is 7.15. The van der Waals surface area contributed by atoms with Crippen LogP contribution < -0.4 is 0 Å². The molecule has 0 spiro atoms. The van der Waals surface area contributed by atoms with Gasteiger partial charge in [-0.25, -0.2) is 0 Å². The maximum atomic E-state index is 9.37. The van der Waals surface area contributed by atoms with Crippen molar-refractivity contribution in [1.29, 1.82) is 5.26 Å². The van der Waals surface area contributed by atoms with Gasteiger partial charge in [-0.05, 0) is 75.5 Å². The van der Waals surface area contributed by atoms with E-state index < -0.39 is 0 Å². The first-order chi connectivity index (χ1) is 7.69. The molecule has 1 nitrogen and oxygen atoms in total. The molecule has 0 heterocycles. The monoisotopic (exact) mass is 215 g/mol. The quantitative estimate of drug-likeness (QED) is 0.608. The van der Waals surface area contributed by atoms with Crippen LogP contribution in [0.2, 0.25) is 0 Å². The van der Waals surface area contributed by atoms with E-state index in [1.165, 1.54) is 37.7 Å². The van der Waals surface area contributed by atoms with Gasteiger partial charge in [-0.2, -0.15) is 5.26 Å². The minimum Gasteiger partial charge on any atom is -0.193 e. The minimum atomic E-state index is 0.628. The molecule has 16 heavy (non-hydrogen) atoms. The van der Waals surface area contributed by atoms with Crippen molar-refractivity contribution in [2.24, 2.45) is 29.6 Å². The molecule has 0 aliphatic heterocycles. The van der Waals surface area contributed by atoms with Crippen molar-refractivity contribution in [2.75, 3.05) is 0 Å². The Kier molecular flexibility index (Phi) is 2.35. The molecule has 4 rings (SSSR count). The summed E-state index contributed by atoms with van der Waals surface area (Å²) in [5.41, 5.74) is 2.40. The molecule has 4 fully saturated rings. The van der Waals surface area contributed by atoms with Gasteiger partial charge in [0.25, 0.3) is 0 Å². The van der Waals surface area contributed by atoms with Gasteiger partial charge in [0.2, 0.25) is 0 Å². The zero-order valence-electron chi connectivity index (χ0n) is 10.4. The molecule has 4 bridgehead atoms. The van der Waals surface area contributed by atoms with E-state index in [0.29, 0.717) is 5.92 Å². The molecule has 0 N–H and O–H groups in total. The van der Waals surface area contributed by atoms with E-state index in [0.717, 1.165) is 29.2 Å². The highest BCUT2D eigenvalue weighted by molar-refractivity contribution is 5.31. The van der Waals surface area contributed by atoms with E-state index >= 15 is 0 Å². The third-order valence-corrected chi connectivity index (χ3v) is 5.22. The average molecular weight is 215 g/mol. The molecule has 86 valence electrons. The van der Waals surface area contributed by atoms with Crippen molar-refractivity contribution in [3.63, 3.8) is 0 Å². The molecule has 0 radical (unpaired) electrons. The van der Waals surface area contributed by atoms with Crippen molar-refractivity contribution in [2.45, 2.75) is 46.0 Å². The van der Waals surface area contributed by atoms with Crippen LogP contribution in [0.4, 0.5) is 0 Å². The van der Waals surface area contributed by atoms with Gasteiger partial charge >= 0.3 is 0 Å². The summed E-state index contributed by atoms with van der Waals surface area (Å²) in [7, 11) is 0. The molecule has 0 aromatic rings. The topological polar surface area (TPSA) is 23.8 Å². The van der Waals surface area contributed by atoms with Gasteiger partial charge in [-0.15, -0.1) is 0 Å². The highest BCUT2D eigenvalue weighted by Gasteiger charge is 2.49. The van der Waals surface area contributed by atoms with Gasteiger partial charge in [0.15, 0.2) is 0 Å². The molecule has 0 aromatic carbocycles. The van der Waals surface area contributed by atoms with Crippen molar-refractivity contribution >= 4 is 0 Å². The molecule has 0 amide bonds. The Balaban J connectivity index is 1.93. The lowest BCUT2D eigenvalue weighted by atomic mass is 9.50. The van der Waals surface area contributed by atoms with Gasteiger partial charge in [-0.1, -0.05) is 5.57 Å². The van der Waals surface area contributed by atoms with Crippen LogP contribution in [0.25, 0.3) is 0 Å². The van der Waals surface area contributed by atoms with Crippen molar-refractivity contribution in [3.05, 3.63) is 11.1 Å². The second-order valence-electron chi connectivity index (χ2n) is 6.48. The molecule has 1 heteroatoms. The van der Waals surface area contributed by atoms with E-state index in [9.17, 15) is 5.26 Å². The second kappa shape index (κ2) is 3.62. The molecule has 0 aromatic heterocycles. The van der Waals surface area contributed by atoms with E-state index in [1.54, 1.807) is 0 Å². The van der Waals surface area contributed by atoms with Gasteiger partial charge in [0, 0.05) is 5.57 Å². The standard InChI is InChI=1S/C15H21N/c1-9(2)14(8-16)15-12-4-10-3-11(6-12)7-13(15)5-10/h10-13,15H,3-7H2,1-2H3. The molecular formula is C15H21N. The maximum Gasteiger partial charge on any atom is 0.0949 e. The number of hydrogen-bond acceptors (Lipinski definition) is 1. The Hall–Kier alpha value is -0.770. The number of allylic oxidation sites excluding steroid dienone is 2. The highest BCUT2D eigenvalue weighted by Crippen LogP contribution is 2.58. The van der Waals surface area contributed by atoms with Crippen molar-refractivity contribution in [1.82, 2.24) is 0 Å². The number of rotatable bonds is 1. The first-order valence-corrected chi connectivity index (χ1v) is 6.76. The Bertz CT molecular complexity index is 339. The average Bonchev–Trinajstić information content (AvgIpc) is 2.21. The van der Waals surface area contributed by atoms with Crippen LogP contribution in [0.1, 0.15) is 46.0 Å². The molecular weight excluding hydrogens is 194 g/mol. The van der Waals surface area contributed by atoms with Gasteiger partial charge < -0.3 is 0 Å². The molecule has 4 aliphatic rings. The number of hydrogen-bond donors (Lipinski definition) is 0. The zero-order chi connectivity index (χ0) is 11.3. The lowest BCUT2D eigenvalue weighted by Crippen LogP contribution is -2.45. The third kappa shape index (κ3) is 1.43. The van der Waals surface area contributed by atoms with Crippen LogP contribution in [0.5, 0.6) is 0 Å². The van der Waals surface area contributed by atoms with E-state index in [4.69, 9.17) is 0 Å². The fourth-order valence-electron chi connectivity index (χ4n) is 4.92. The molecule has 0 atom stereocenters. The van der Waals surface area contributed by atoms with Crippen LogP contribution in [-0.4, -0.2) is 0 Å². The summed E-state index contributed by atoms with van der Waals surface area (Å²) < 4.78 is 0. The predicted octanol–water partition coefficient (Wildman–Crippen LogP) is 3.92. The minimum absolute atomic E-state index is 0.628. The lowest BCUT2D eigenvalue weighted by molar-refractivity contribution is -0.0194. The van der Waals surface area contributed by atoms with E-state index in [2.05, 4.69) is 19.9 Å². The van der Waals surface area contributed by atoms with Crippen LogP contribution >= 0.6 is 0 Å². The van der Waals surface area contributed by atoms with Crippen LogP contribution in [0.15, 0.2) is 11.1 Å². The van der Waals surface area contributed by atoms with Crippen LogP contribution in [-0.2, 0) is 0 Å². The van der Waals surface area contributed by atoms with E-state index in [1.807, 2.05) is 0 Å². The lowest BCUT2D eigenvalue weighted by Gasteiger charge is -2.54. The van der Waals surface area contributed by atoms with Crippen molar-refractivity contribution < 1.29 is 0 Å². The smallest absolute Gasteiger partial charge is 0.0949 e. The van der Waals surface area contributed by atoms with Crippen LogP contribution in [0.3, 0.4) is 0 Å². The molecule has 4 aliphatic carbocycles. The SMILES string of the molecule is CC(C)=C(C#N)C1C2CC3CC(C2)CC1C3. The van der Waals surface area contributed by atoms with Crippen molar-refractivity contribution in [3.8, 4) is 6.07 Å². The van der Waals surface area contributed by atoms with Gasteiger partial charge in [-0.3, -0.25) is 0 Å². The summed E-state index contributed by atoms with van der Waals surface area (Å²) in [5.74, 6) is 4.34. The highest BCUT2D eigenvalue weighted by atomic mass is 14.5. The van der Waals surface area contributed by atoms with Crippen LogP contribution in [0, 0.1) is 40.9 Å². The summed E-state index contributed by atoms with van der Waals surface area (Å²) in [5, 5.41) is 9.37. The van der Waals surface area contributed by atoms with Gasteiger partial charge in [0.1, 0.15) is 0 Å². The summed E-state index contributed by atoms with van der Waals surface area (Å²) >= 11 is 0. The molecule has 4 saturated carbocycles. The number of nitrogens with zero attached hydrogens (tertiary/aromatic N) is 1. The Labute approximate surface area is 98.5 Å². The fraction of sp³-hybridized carbons (Fsp3) is 0.800. The largest absolute Gasteiger partial charge is 0.193 e. The number of nitriles is 1. The first kappa shape index (κ1) is 10.4. The Morgan fingerprint density at radius 2 is 1.44 bits per heavy atom. The predicted molar refractivity (Wildman–Crippen MR) is 64.5 cm³/mol. The Morgan fingerprint density at radius 1 is 0.938 bits per heavy atom. The fourth-order valence-corrected chi connectivity index (χ4v) is 4.92.